The monoisotopic (exact) mass is 287 g/mol. The van der Waals surface area contributed by atoms with Crippen molar-refractivity contribution in [2.75, 3.05) is 13.7 Å². The van der Waals surface area contributed by atoms with E-state index in [1.807, 2.05) is 18.2 Å². The molecule has 0 saturated heterocycles. The SMILES string of the molecule is CC(c1ccccc1F)N(C)C(=O)COc1ccccc1. The van der Waals surface area contributed by atoms with Gasteiger partial charge < -0.3 is 9.64 Å². The van der Waals surface area contributed by atoms with Crippen LogP contribution in [0.4, 0.5) is 4.39 Å². The number of halogens is 1. The standard InChI is InChI=1S/C17H18FNO2/c1-13(15-10-6-7-11-16(15)18)19(2)17(20)12-21-14-8-4-3-5-9-14/h3-11,13H,12H2,1-2H3. The van der Waals surface area contributed by atoms with E-state index in [2.05, 4.69) is 0 Å². The summed E-state index contributed by atoms with van der Waals surface area (Å²) in [6, 6.07) is 15.2. The van der Waals surface area contributed by atoms with Gasteiger partial charge in [0.25, 0.3) is 5.91 Å². The first-order valence-corrected chi connectivity index (χ1v) is 6.77. The van der Waals surface area contributed by atoms with Gasteiger partial charge >= 0.3 is 0 Å². The first-order valence-electron chi connectivity index (χ1n) is 6.77. The van der Waals surface area contributed by atoms with Gasteiger partial charge in [0.1, 0.15) is 11.6 Å². The Labute approximate surface area is 124 Å². The fourth-order valence-electron chi connectivity index (χ4n) is 2.00. The predicted molar refractivity (Wildman–Crippen MR) is 79.5 cm³/mol. The van der Waals surface area contributed by atoms with E-state index >= 15 is 0 Å². The average molecular weight is 287 g/mol. The molecule has 0 heterocycles. The molecule has 3 nitrogen and oxygen atoms in total. The molecule has 2 aromatic carbocycles. The van der Waals surface area contributed by atoms with Crippen molar-refractivity contribution < 1.29 is 13.9 Å². The second-order valence-electron chi connectivity index (χ2n) is 4.80. The molecule has 0 radical (unpaired) electrons. The molecule has 0 aliphatic heterocycles. The van der Waals surface area contributed by atoms with Gasteiger partial charge in [0.15, 0.2) is 6.61 Å². The highest BCUT2D eigenvalue weighted by atomic mass is 19.1. The van der Waals surface area contributed by atoms with Crippen LogP contribution in [0, 0.1) is 5.82 Å². The molecule has 1 atom stereocenters. The Bertz CT molecular complexity index is 601. The van der Waals surface area contributed by atoms with Crippen LogP contribution in [0.5, 0.6) is 5.75 Å². The van der Waals surface area contributed by atoms with Crippen molar-refractivity contribution in [3.05, 3.63) is 66.0 Å². The molecule has 0 aromatic heterocycles. The molecule has 0 aliphatic rings. The molecule has 2 rings (SSSR count). The van der Waals surface area contributed by atoms with Gasteiger partial charge in [0.2, 0.25) is 0 Å². The topological polar surface area (TPSA) is 29.5 Å². The highest BCUT2D eigenvalue weighted by Gasteiger charge is 2.20. The van der Waals surface area contributed by atoms with E-state index in [0.717, 1.165) is 0 Å². The molecule has 1 amide bonds. The van der Waals surface area contributed by atoms with Crippen LogP contribution < -0.4 is 4.74 Å². The number of rotatable bonds is 5. The van der Waals surface area contributed by atoms with E-state index in [9.17, 15) is 9.18 Å². The number of hydrogen-bond acceptors (Lipinski definition) is 2. The summed E-state index contributed by atoms with van der Waals surface area (Å²) in [5, 5.41) is 0. The Morgan fingerprint density at radius 2 is 1.76 bits per heavy atom. The number of amides is 1. The van der Waals surface area contributed by atoms with Crippen LogP contribution in [0.15, 0.2) is 54.6 Å². The summed E-state index contributed by atoms with van der Waals surface area (Å²) in [5.74, 6) is 0.126. The minimum atomic E-state index is -0.349. The van der Waals surface area contributed by atoms with Gasteiger partial charge in [0, 0.05) is 12.6 Å². The zero-order valence-corrected chi connectivity index (χ0v) is 12.1. The van der Waals surface area contributed by atoms with Gasteiger partial charge in [0.05, 0.1) is 6.04 Å². The molecular weight excluding hydrogens is 269 g/mol. The van der Waals surface area contributed by atoms with Crippen LogP contribution in [0.1, 0.15) is 18.5 Å². The van der Waals surface area contributed by atoms with Crippen LogP contribution >= 0.6 is 0 Å². The second-order valence-corrected chi connectivity index (χ2v) is 4.80. The van der Waals surface area contributed by atoms with Crippen molar-refractivity contribution >= 4 is 5.91 Å². The molecule has 0 N–H and O–H groups in total. The van der Waals surface area contributed by atoms with Crippen LogP contribution in [0.2, 0.25) is 0 Å². The van der Waals surface area contributed by atoms with E-state index in [4.69, 9.17) is 4.74 Å². The first-order chi connectivity index (χ1) is 10.1. The zero-order valence-electron chi connectivity index (χ0n) is 12.1. The summed E-state index contributed by atoms with van der Waals surface area (Å²) < 4.78 is 19.2. The van der Waals surface area contributed by atoms with Crippen LogP contribution in [0.3, 0.4) is 0 Å². The maximum absolute atomic E-state index is 13.7. The number of benzene rings is 2. The molecular formula is C17H18FNO2. The average Bonchev–Trinajstić information content (AvgIpc) is 2.52. The number of nitrogens with zero attached hydrogens (tertiary/aromatic N) is 1. The van der Waals surface area contributed by atoms with Gasteiger partial charge in [-0.25, -0.2) is 4.39 Å². The number of carbonyl (C=O) groups is 1. The Hall–Kier alpha value is -2.36. The summed E-state index contributed by atoms with van der Waals surface area (Å²) >= 11 is 0. The molecule has 0 fully saturated rings. The summed E-state index contributed by atoms with van der Waals surface area (Å²) in [4.78, 5) is 13.6. The summed E-state index contributed by atoms with van der Waals surface area (Å²) in [7, 11) is 1.65. The molecule has 21 heavy (non-hydrogen) atoms. The molecule has 0 bridgehead atoms. The molecule has 110 valence electrons. The Balaban J connectivity index is 1.97. The van der Waals surface area contributed by atoms with Gasteiger partial charge in [-0.1, -0.05) is 36.4 Å². The zero-order chi connectivity index (χ0) is 15.2. The highest BCUT2D eigenvalue weighted by molar-refractivity contribution is 5.78. The molecule has 0 saturated carbocycles. The first kappa shape index (κ1) is 15.0. The number of para-hydroxylation sites is 1. The maximum Gasteiger partial charge on any atom is 0.260 e. The van der Waals surface area contributed by atoms with Gasteiger partial charge in [-0.05, 0) is 25.1 Å². The van der Waals surface area contributed by atoms with E-state index in [1.165, 1.54) is 11.0 Å². The lowest BCUT2D eigenvalue weighted by Gasteiger charge is -2.25. The molecule has 1 unspecified atom stereocenters. The fraction of sp³-hybridized carbons (Fsp3) is 0.235. The quantitative estimate of drug-likeness (QED) is 0.843. The number of carbonyl (C=O) groups excluding carboxylic acids is 1. The lowest BCUT2D eigenvalue weighted by Crippen LogP contribution is -2.34. The van der Waals surface area contributed by atoms with Crippen molar-refractivity contribution in [2.45, 2.75) is 13.0 Å². The van der Waals surface area contributed by atoms with Crippen LogP contribution in [-0.4, -0.2) is 24.5 Å². The van der Waals surface area contributed by atoms with Gasteiger partial charge in [-0.2, -0.15) is 0 Å². The van der Waals surface area contributed by atoms with E-state index in [0.29, 0.717) is 11.3 Å². The van der Waals surface area contributed by atoms with Gasteiger partial charge in [-0.15, -0.1) is 0 Å². The lowest BCUT2D eigenvalue weighted by molar-refractivity contribution is -0.134. The minimum Gasteiger partial charge on any atom is -0.484 e. The van der Waals surface area contributed by atoms with Gasteiger partial charge in [-0.3, -0.25) is 4.79 Å². The van der Waals surface area contributed by atoms with E-state index in [-0.39, 0.29) is 24.4 Å². The van der Waals surface area contributed by atoms with Crippen molar-refractivity contribution in [3.8, 4) is 5.75 Å². The molecule has 2 aromatic rings. The number of likely N-dealkylation sites (N-methyl/N-ethyl adjacent to an activating group) is 1. The molecule has 4 heteroatoms. The van der Waals surface area contributed by atoms with Crippen LogP contribution in [-0.2, 0) is 4.79 Å². The van der Waals surface area contributed by atoms with E-state index < -0.39 is 0 Å². The molecule has 0 aliphatic carbocycles. The minimum absolute atomic E-state index is 0.0701. The maximum atomic E-state index is 13.7. The largest absolute Gasteiger partial charge is 0.484 e. The Morgan fingerprint density at radius 1 is 1.14 bits per heavy atom. The number of hydrogen-bond donors (Lipinski definition) is 0. The van der Waals surface area contributed by atoms with Crippen LogP contribution in [0.25, 0.3) is 0 Å². The predicted octanol–water partition coefficient (Wildman–Crippen LogP) is 3.42. The normalized spacial score (nSPS) is 11.8. The third-order valence-electron chi connectivity index (χ3n) is 3.44. The fourth-order valence-corrected chi connectivity index (χ4v) is 2.00. The van der Waals surface area contributed by atoms with Crippen molar-refractivity contribution in [1.82, 2.24) is 4.90 Å². The highest BCUT2D eigenvalue weighted by Crippen LogP contribution is 2.21. The summed E-state index contributed by atoms with van der Waals surface area (Å²) in [5.41, 5.74) is 0.494. The Kier molecular flexibility index (Phi) is 4.93. The third-order valence-corrected chi connectivity index (χ3v) is 3.44. The Morgan fingerprint density at radius 3 is 2.43 bits per heavy atom. The summed E-state index contributed by atoms with van der Waals surface area (Å²) in [6.07, 6.45) is 0. The molecule has 0 spiro atoms. The van der Waals surface area contributed by atoms with Crippen molar-refractivity contribution in [1.29, 1.82) is 0 Å². The third kappa shape index (κ3) is 3.81. The van der Waals surface area contributed by atoms with Crippen molar-refractivity contribution in [3.63, 3.8) is 0 Å². The van der Waals surface area contributed by atoms with Crippen molar-refractivity contribution in [2.24, 2.45) is 0 Å². The number of ether oxygens (including phenoxy) is 1. The second kappa shape index (κ2) is 6.88. The summed E-state index contributed by atoms with van der Waals surface area (Å²) in [6.45, 7) is 1.72. The smallest absolute Gasteiger partial charge is 0.260 e. The van der Waals surface area contributed by atoms with E-state index in [1.54, 1.807) is 44.3 Å². The lowest BCUT2D eigenvalue weighted by atomic mass is 10.1.